The number of carbonyl (C=O) groups excluding carboxylic acids is 1. The summed E-state index contributed by atoms with van der Waals surface area (Å²) in [4.78, 5) is 24.6. The molecule has 9 nitrogen and oxygen atoms in total. The van der Waals surface area contributed by atoms with Gasteiger partial charge in [0.15, 0.2) is 5.82 Å². The number of aromatic nitrogens is 6. The van der Waals surface area contributed by atoms with Gasteiger partial charge in [0.05, 0.1) is 12.2 Å². The first kappa shape index (κ1) is 17.6. The summed E-state index contributed by atoms with van der Waals surface area (Å²) in [6.07, 6.45) is 1.80. The van der Waals surface area contributed by atoms with E-state index >= 15 is 0 Å². The molecule has 0 saturated carbocycles. The van der Waals surface area contributed by atoms with Crippen LogP contribution in [0.1, 0.15) is 12.6 Å². The molecule has 0 bridgehead atoms. The molecule has 136 valence electrons. The van der Waals surface area contributed by atoms with Crippen LogP contribution in [0, 0.1) is 6.92 Å². The van der Waals surface area contributed by atoms with Crippen molar-refractivity contribution in [2.24, 2.45) is 0 Å². The quantitative estimate of drug-likeness (QED) is 0.663. The molecule has 2 aromatic heterocycles. The zero-order valence-electron chi connectivity index (χ0n) is 14.8. The van der Waals surface area contributed by atoms with Crippen LogP contribution in [0.3, 0.4) is 0 Å². The molecule has 0 aliphatic heterocycles. The van der Waals surface area contributed by atoms with E-state index < -0.39 is 0 Å². The highest BCUT2D eigenvalue weighted by Crippen LogP contribution is 2.14. The van der Waals surface area contributed by atoms with Crippen molar-refractivity contribution in [3.05, 3.63) is 52.7 Å². The molecule has 26 heavy (non-hydrogen) atoms. The van der Waals surface area contributed by atoms with Crippen LogP contribution in [-0.4, -0.2) is 41.8 Å². The van der Waals surface area contributed by atoms with Gasteiger partial charge < -0.3 is 5.32 Å². The summed E-state index contributed by atoms with van der Waals surface area (Å²) in [6, 6.07) is 9.45. The molecular formula is C17H21N7O2. The summed E-state index contributed by atoms with van der Waals surface area (Å²) in [6.45, 7) is 5.00. The van der Waals surface area contributed by atoms with Crippen molar-refractivity contribution in [1.82, 2.24) is 34.7 Å². The minimum absolute atomic E-state index is 0.123. The van der Waals surface area contributed by atoms with Crippen molar-refractivity contribution in [2.45, 2.75) is 33.5 Å². The average molecular weight is 355 g/mol. The van der Waals surface area contributed by atoms with Crippen LogP contribution in [0.4, 0.5) is 0 Å². The highest BCUT2D eigenvalue weighted by Gasteiger charge is 2.15. The van der Waals surface area contributed by atoms with Gasteiger partial charge in [-0.25, -0.2) is 9.48 Å². The number of benzene rings is 1. The molecule has 1 aromatic carbocycles. The minimum atomic E-state index is -0.298. The van der Waals surface area contributed by atoms with Crippen LogP contribution in [0.15, 0.2) is 41.3 Å². The molecular weight excluding hydrogens is 334 g/mol. The van der Waals surface area contributed by atoms with Crippen LogP contribution < -0.4 is 11.0 Å². The number of amides is 1. The second-order valence-electron chi connectivity index (χ2n) is 5.85. The number of hydrogen-bond acceptors (Lipinski definition) is 5. The van der Waals surface area contributed by atoms with E-state index in [1.807, 2.05) is 44.2 Å². The second-order valence-corrected chi connectivity index (χ2v) is 5.85. The van der Waals surface area contributed by atoms with Gasteiger partial charge in [0.25, 0.3) is 0 Å². The summed E-state index contributed by atoms with van der Waals surface area (Å²) in [5.74, 6) is 0.285. The van der Waals surface area contributed by atoms with E-state index in [-0.39, 0.29) is 18.1 Å². The Morgan fingerprint density at radius 3 is 2.65 bits per heavy atom. The molecule has 2 heterocycles. The number of hydrogen-bond donors (Lipinski definition) is 1. The number of nitrogens with one attached hydrogen (secondary N) is 1. The number of nitrogens with zero attached hydrogens (tertiary/aromatic N) is 6. The molecule has 0 radical (unpaired) electrons. The first-order valence-electron chi connectivity index (χ1n) is 8.45. The second kappa shape index (κ2) is 7.77. The lowest BCUT2D eigenvalue weighted by Gasteiger charge is -2.04. The highest BCUT2D eigenvalue weighted by atomic mass is 16.2. The Kier molecular flexibility index (Phi) is 5.26. The van der Waals surface area contributed by atoms with Gasteiger partial charge in [0, 0.05) is 24.8 Å². The Bertz CT molecular complexity index is 940. The smallest absolute Gasteiger partial charge is 0.346 e. The third kappa shape index (κ3) is 3.88. The fourth-order valence-corrected chi connectivity index (χ4v) is 2.64. The fraction of sp³-hybridized carbons (Fsp3) is 0.353. The predicted octanol–water partition coefficient (Wildman–Crippen LogP) is 0.448. The number of aryl methyl sites for hydroxylation is 1. The van der Waals surface area contributed by atoms with E-state index in [0.717, 1.165) is 11.3 Å². The topological polar surface area (TPSA) is 99.6 Å². The molecule has 0 aliphatic rings. The third-order valence-corrected chi connectivity index (χ3v) is 3.88. The van der Waals surface area contributed by atoms with E-state index in [9.17, 15) is 9.59 Å². The molecule has 0 unspecified atom stereocenters. The van der Waals surface area contributed by atoms with Gasteiger partial charge in [0.2, 0.25) is 5.91 Å². The Morgan fingerprint density at radius 1 is 1.23 bits per heavy atom. The summed E-state index contributed by atoms with van der Waals surface area (Å²) in [7, 11) is 0. The van der Waals surface area contributed by atoms with Crippen molar-refractivity contribution in [3.8, 4) is 11.4 Å². The molecule has 3 aromatic rings. The standard InChI is InChI=1S/C17H21N7O2/c1-3-23-16(14-7-5-4-6-8-14)20-24(17(23)26)12-15(25)18-9-10-22-11-13(2)19-21-22/h4-8,11H,3,9-10,12H2,1-2H3,(H,18,25). The fourth-order valence-electron chi connectivity index (χ4n) is 2.64. The van der Waals surface area contributed by atoms with Crippen molar-refractivity contribution < 1.29 is 4.79 Å². The normalized spacial score (nSPS) is 10.8. The van der Waals surface area contributed by atoms with Gasteiger partial charge >= 0.3 is 5.69 Å². The third-order valence-electron chi connectivity index (χ3n) is 3.88. The van der Waals surface area contributed by atoms with Crippen molar-refractivity contribution in [3.63, 3.8) is 0 Å². The number of rotatable bonds is 7. The lowest BCUT2D eigenvalue weighted by Crippen LogP contribution is -2.35. The first-order chi connectivity index (χ1) is 12.6. The SMILES string of the molecule is CCn1c(-c2ccccc2)nn(CC(=O)NCCn2cc(C)nn2)c1=O. The van der Waals surface area contributed by atoms with Crippen LogP contribution >= 0.6 is 0 Å². The predicted molar refractivity (Wildman–Crippen MR) is 95.4 cm³/mol. The molecule has 0 spiro atoms. The largest absolute Gasteiger partial charge is 0.353 e. The zero-order valence-corrected chi connectivity index (χ0v) is 14.8. The molecule has 3 rings (SSSR count). The van der Waals surface area contributed by atoms with Gasteiger partial charge in [-0.15, -0.1) is 10.2 Å². The Balaban J connectivity index is 1.66. The first-order valence-corrected chi connectivity index (χ1v) is 8.45. The monoisotopic (exact) mass is 355 g/mol. The summed E-state index contributed by atoms with van der Waals surface area (Å²) >= 11 is 0. The van der Waals surface area contributed by atoms with Crippen LogP contribution in [0.5, 0.6) is 0 Å². The Hall–Kier alpha value is -3.23. The van der Waals surface area contributed by atoms with Crippen molar-refractivity contribution in [2.75, 3.05) is 6.54 Å². The van der Waals surface area contributed by atoms with E-state index in [0.29, 0.717) is 25.5 Å². The van der Waals surface area contributed by atoms with Crippen LogP contribution in [0.2, 0.25) is 0 Å². The summed E-state index contributed by atoms with van der Waals surface area (Å²) < 4.78 is 4.41. The van der Waals surface area contributed by atoms with Gasteiger partial charge in [-0.2, -0.15) is 0 Å². The van der Waals surface area contributed by atoms with E-state index in [1.54, 1.807) is 15.4 Å². The van der Waals surface area contributed by atoms with Gasteiger partial charge in [-0.3, -0.25) is 14.0 Å². The maximum atomic E-state index is 12.5. The zero-order chi connectivity index (χ0) is 18.5. The minimum Gasteiger partial charge on any atom is -0.353 e. The molecule has 9 heteroatoms. The van der Waals surface area contributed by atoms with Crippen molar-refractivity contribution in [1.29, 1.82) is 0 Å². The number of carbonyl (C=O) groups is 1. The molecule has 0 atom stereocenters. The van der Waals surface area contributed by atoms with Crippen molar-refractivity contribution >= 4 is 5.91 Å². The average Bonchev–Trinajstić information content (AvgIpc) is 3.19. The summed E-state index contributed by atoms with van der Waals surface area (Å²) in [5.41, 5.74) is 1.36. The van der Waals surface area contributed by atoms with E-state index in [2.05, 4.69) is 20.7 Å². The molecule has 1 N–H and O–H groups in total. The van der Waals surface area contributed by atoms with Crippen LogP contribution in [0.25, 0.3) is 11.4 Å². The Morgan fingerprint density at radius 2 is 2.00 bits per heavy atom. The highest BCUT2D eigenvalue weighted by molar-refractivity contribution is 5.75. The van der Waals surface area contributed by atoms with Gasteiger partial charge in [-0.1, -0.05) is 35.5 Å². The van der Waals surface area contributed by atoms with Gasteiger partial charge in [-0.05, 0) is 13.8 Å². The molecule has 1 amide bonds. The Labute approximate surface area is 150 Å². The molecule has 0 fully saturated rings. The maximum Gasteiger partial charge on any atom is 0.346 e. The maximum absolute atomic E-state index is 12.5. The summed E-state index contributed by atoms with van der Waals surface area (Å²) in [5, 5.41) is 14.9. The van der Waals surface area contributed by atoms with Crippen LogP contribution in [-0.2, 0) is 24.4 Å². The molecule has 0 saturated heterocycles. The lowest BCUT2D eigenvalue weighted by molar-refractivity contribution is -0.121. The van der Waals surface area contributed by atoms with E-state index in [4.69, 9.17) is 0 Å². The van der Waals surface area contributed by atoms with E-state index in [1.165, 1.54) is 4.68 Å². The van der Waals surface area contributed by atoms with Gasteiger partial charge in [0.1, 0.15) is 6.54 Å². The molecule has 0 aliphatic carbocycles. The lowest BCUT2D eigenvalue weighted by atomic mass is 10.2.